The molecule has 1 amide bonds. The Morgan fingerprint density at radius 2 is 1.96 bits per heavy atom. The summed E-state index contributed by atoms with van der Waals surface area (Å²) in [5.74, 6) is -0.378. The van der Waals surface area contributed by atoms with Crippen molar-refractivity contribution in [3.05, 3.63) is 88.5 Å². The van der Waals surface area contributed by atoms with Crippen LogP contribution in [0.15, 0.2) is 60.9 Å². The quantitative estimate of drug-likeness (QED) is 0.659. The van der Waals surface area contributed by atoms with E-state index < -0.39 is 0 Å². The second kappa shape index (κ2) is 8.99. The third-order valence-corrected chi connectivity index (χ3v) is 4.83. The molecule has 3 rings (SSSR count). The first kappa shape index (κ1) is 20.0. The zero-order chi connectivity index (χ0) is 20.1. The molecule has 2 aromatic carbocycles. The highest BCUT2D eigenvalue weighted by Gasteiger charge is 2.19. The highest BCUT2D eigenvalue weighted by molar-refractivity contribution is 6.31. The molecule has 1 atom stereocenters. The highest BCUT2D eigenvalue weighted by atomic mass is 35.5. The summed E-state index contributed by atoms with van der Waals surface area (Å²) < 4.78 is 15.0. The van der Waals surface area contributed by atoms with Gasteiger partial charge in [-0.3, -0.25) is 14.8 Å². The predicted octanol–water partition coefficient (Wildman–Crippen LogP) is 3.55. The molecule has 146 valence electrons. The summed E-state index contributed by atoms with van der Waals surface area (Å²) in [5.41, 5.74) is 2.62. The first-order valence-corrected chi connectivity index (χ1v) is 9.26. The van der Waals surface area contributed by atoms with Crippen molar-refractivity contribution in [1.29, 1.82) is 0 Å². The third kappa shape index (κ3) is 4.97. The van der Waals surface area contributed by atoms with Crippen molar-refractivity contribution < 1.29 is 9.18 Å². The topological polar surface area (TPSA) is 50.2 Å². The normalized spacial score (nSPS) is 12.0. The summed E-state index contributed by atoms with van der Waals surface area (Å²) in [5, 5.41) is 7.97. The van der Waals surface area contributed by atoms with Gasteiger partial charge in [0.2, 0.25) is 5.91 Å². The summed E-state index contributed by atoms with van der Waals surface area (Å²) in [7, 11) is 3.59. The van der Waals surface area contributed by atoms with Crippen molar-refractivity contribution >= 4 is 17.5 Å². The fraction of sp³-hybridized carbons (Fsp3) is 0.238. The van der Waals surface area contributed by atoms with Crippen LogP contribution in [0, 0.1) is 5.82 Å². The Kier molecular flexibility index (Phi) is 6.44. The molecule has 0 bridgehead atoms. The molecule has 0 spiro atoms. The van der Waals surface area contributed by atoms with Crippen molar-refractivity contribution in [3.63, 3.8) is 0 Å². The molecule has 0 saturated heterocycles. The third-order valence-electron chi connectivity index (χ3n) is 4.48. The lowest BCUT2D eigenvalue weighted by Gasteiger charge is -2.23. The number of nitrogens with zero attached hydrogens (tertiary/aromatic N) is 3. The SMILES string of the molecule is CN(Cc1cnn(C)c1)C(=O)CNC(c1ccc(F)cc1)c1ccccc1Cl. The monoisotopic (exact) mass is 400 g/mol. The van der Waals surface area contributed by atoms with Gasteiger partial charge in [0, 0.05) is 37.4 Å². The van der Waals surface area contributed by atoms with Gasteiger partial charge in [0.1, 0.15) is 5.82 Å². The van der Waals surface area contributed by atoms with E-state index in [4.69, 9.17) is 11.6 Å². The van der Waals surface area contributed by atoms with Crippen LogP contribution in [0.3, 0.4) is 0 Å². The van der Waals surface area contributed by atoms with Crippen molar-refractivity contribution in [1.82, 2.24) is 20.0 Å². The molecule has 0 radical (unpaired) electrons. The van der Waals surface area contributed by atoms with Gasteiger partial charge in [-0.2, -0.15) is 5.10 Å². The van der Waals surface area contributed by atoms with Crippen molar-refractivity contribution in [2.45, 2.75) is 12.6 Å². The van der Waals surface area contributed by atoms with Crippen LogP contribution in [0.5, 0.6) is 0 Å². The molecule has 0 aliphatic rings. The first-order valence-electron chi connectivity index (χ1n) is 8.89. The maximum Gasteiger partial charge on any atom is 0.236 e. The number of aromatic nitrogens is 2. The number of rotatable bonds is 7. The highest BCUT2D eigenvalue weighted by Crippen LogP contribution is 2.28. The number of halogens is 2. The van der Waals surface area contributed by atoms with Gasteiger partial charge < -0.3 is 4.90 Å². The Morgan fingerprint density at radius 1 is 1.25 bits per heavy atom. The van der Waals surface area contributed by atoms with Crippen molar-refractivity contribution in [3.8, 4) is 0 Å². The van der Waals surface area contributed by atoms with Gasteiger partial charge in [-0.25, -0.2) is 4.39 Å². The zero-order valence-electron chi connectivity index (χ0n) is 15.8. The number of carbonyl (C=O) groups is 1. The molecule has 7 heteroatoms. The van der Waals surface area contributed by atoms with Crippen LogP contribution in [0.2, 0.25) is 5.02 Å². The minimum Gasteiger partial charge on any atom is -0.340 e. The average molecular weight is 401 g/mol. The number of likely N-dealkylation sites (N-methyl/N-ethyl adjacent to an activating group) is 1. The van der Waals surface area contributed by atoms with E-state index in [2.05, 4.69) is 10.4 Å². The number of hydrogen-bond donors (Lipinski definition) is 1. The maximum absolute atomic E-state index is 13.3. The van der Waals surface area contributed by atoms with Crippen LogP contribution in [-0.2, 0) is 18.4 Å². The summed E-state index contributed by atoms with van der Waals surface area (Å²) in [4.78, 5) is 14.2. The fourth-order valence-electron chi connectivity index (χ4n) is 3.01. The largest absolute Gasteiger partial charge is 0.340 e. The molecule has 1 unspecified atom stereocenters. The van der Waals surface area contributed by atoms with Gasteiger partial charge in [0.15, 0.2) is 0 Å². The van der Waals surface area contributed by atoms with Crippen LogP contribution in [-0.4, -0.2) is 34.2 Å². The van der Waals surface area contributed by atoms with E-state index in [1.807, 2.05) is 31.4 Å². The fourth-order valence-corrected chi connectivity index (χ4v) is 3.26. The lowest BCUT2D eigenvalue weighted by atomic mass is 9.98. The van der Waals surface area contributed by atoms with Gasteiger partial charge in [0.05, 0.1) is 18.8 Å². The van der Waals surface area contributed by atoms with E-state index in [9.17, 15) is 9.18 Å². The van der Waals surface area contributed by atoms with Crippen molar-refractivity contribution in [2.75, 3.05) is 13.6 Å². The van der Waals surface area contributed by atoms with Gasteiger partial charge in [-0.05, 0) is 29.3 Å². The molecule has 1 aromatic heterocycles. The van der Waals surface area contributed by atoms with E-state index in [-0.39, 0.29) is 24.3 Å². The van der Waals surface area contributed by atoms with E-state index in [1.165, 1.54) is 12.1 Å². The van der Waals surface area contributed by atoms with Gasteiger partial charge in [-0.1, -0.05) is 41.9 Å². The Balaban J connectivity index is 1.73. The van der Waals surface area contributed by atoms with Gasteiger partial charge in [0.25, 0.3) is 0 Å². The second-order valence-electron chi connectivity index (χ2n) is 6.66. The standard InChI is InChI=1S/C21H22ClFN4O/c1-26(13-15-11-25-27(2)14-15)20(28)12-24-21(16-7-9-17(23)10-8-16)18-5-3-4-6-19(18)22/h3-11,14,21,24H,12-13H2,1-2H3. The number of aryl methyl sites for hydroxylation is 1. The Hall–Kier alpha value is -2.70. The molecular formula is C21H22ClFN4O. The van der Waals surface area contributed by atoms with E-state index >= 15 is 0 Å². The molecule has 3 aromatic rings. The molecule has 0 fully saturated rings. The van der Waals surface area contributed by atoms with Crippen LogP contribution < -0.4 is 5.32 Å². The number of carbonyl (C=O) groups excluding carboxylic acids is 1. The number of amides is 1. The average Bonchev–Trinajstić information content (AvgIpc) is 3.09. The van der Waals surface area contributed by atoms with Gasteiger partial charge in [-0.15, -0.1) is 0 Å². The number of nitrogens with one attached hydrogen (secondary N) is 1. The van der Waals surface area contributed by atoms with Crippen LogP contribution in [0.1, 0.15) is 22.7 Å². The molecule has 0 saturated carbocycles. The van der Waals surface area contributed by atoms with Gasteiger partial charge >= 0.3 is 0 Å². The molecular weight excluding hydrogens is 379 g/mol. The minimum atomic E-state index is -0.329. The molecule has 5 nitrogen and oxygen atoms in total. The van der Waals surface area contributed by atoms with Crippen LogP contribution in [0.4, 0.5) is 4.39 Å². The summed E-state index contributed by atoms with van der Waals surface area (Å²) in [6.07, 6.45) is 3.62. The number of hydrogen-bond acceptors (Lipinski definition) is 3. The van der Waals surface area contributed by atoms with Crippen LogP contribution >= 0.6 is 11.6 Å². The van der Waals surface area contributed by atoms with E-state index in [0.29, 0.717) is 11.6 Å². The minimum absolute atomic E-state index is 0.0666. The first-order chi connectivity index (χ1) is 13.4. The maximum atomic E-state index is 13.3. The second-order valence-corrected chi connectivity index (χ2v) is 7.07. The Morgan fingerprint density at radius 3 is 2.61 bits per heavy atom. The molecule has 1 heterocycles. The summed E-state index contributed by atoms with van der Waals surface area (Å²) >= 11 is 6.37. The smallest absolute Gasteiger partial charge is 0.236 e. The van der Waals surface area contributed by atoms with E-state index in [1.54, 1.807) is 41.0 Å². The Bertz CT molecular complexity index is 942. The lowest BCUT2D eigenvalue weighted by Crippen LogP contribution is -2.37. The predicted molar refractivity (Wildman–Crippen MR) is 107 cm³/mol. The zero-order valence-corrected chi connectivity index (χ0v) is 16.5. The van der Waals surface area contributed by atoms with E-state index in [0.717, 1.165) is 16.7 Å². The molecule has 1 N–H and O–H groups in total. The van der Waals surface area contributed by atoms with Crippen molar-refractivity contribution in [2.24, 2.45) is 7.05 Å². The molecule has 0 aliphatic carbocycles. The molecule has 28 heavy (non-hydrogen) atoms. The summed E-state index contributed by atoms with van der Waals surface area (Å²) in [6.45, 7) is 0.589. The Labute approximate surface area is 168 Å². The lowest BCUT2D eigenvalue weighted by molar-refractivity contribution is -0.129. The summed E-state index contributed by atoms with van der Waals surface area (Å²) in [6, 6.07) is 13.3. The van der Waals surface area contributed by atoms with Crippen LogP contribution in [0.25, 0.3) is 0 Å². The molecule has 0 aliphatic heterocycles. The number of benzene rings is 2.